The maximum Gasteiger partial charge on any atom is 0.259 e. The number of para-hydroxylation sites is 1. The monoisotopic (exact) mass is 688 g/mol. The second-order valence-electron chi connectivity index (χ2n) is 8.66. The summed E-state index contributed by atoms with van der Waals surface area (Å²) in [4.78, 5) is 19.3. The summed E-state index contributed by atoms with van der Waals surface area (Å²) in [6.07, 6.45) is 5.88. The van der Waals surface area contributed by atoms with Crippen LogP contribution < -0.4 is 10.1 Å². The number of anilines is 1. The van der Waals surface area contributed by atoms with E-state index in [1.54, 1.807) is 35.8 Å². The minimum Gasteiger partial charge on any atom is -0.486 e. The molecule has 0 radical (unpaired) electrons. The van der Waals surface area contributed by atoms with Crippen LogP contribution in [0.15, 0.2) is 76.2 Å². The van der Waals surface area contributed by atoms with Crippen molar-refractivity contribution in [3.8, 4) is 5.75 Å². The van der Waals surface area contributed by atoms with Gasteiger partial charge in [-0.2, -0.15) is 0 Å². The van der Waals surface area contributed by atoms with Gasteiger partial charge in [0.25, 0.3) is 5.91 Å². The molecule has 4 aromatic rings. The van der Waals surface area contributed by atoms with Crippen molar-refractivity contribution in [1.82, 2.24) is 0 Å². The molecule has 37 heavy (non-hydrogen) atoms. The molecule has 1 aliphatic rings. The van der Waals surface area contributed by atoms with Gasteiger partial charge in [-0.15, -0.1) is 11.3 Å². The number of hydrogen-bond acceptors (Lipinski definition) is 4. The lowest BCUT2D eigenvalue weighted by molar-refractivity contribution is 0.102. The molecule has 1 N–H and O–H groups in total. The van der Waals surface area contributed by atoms with Crippen molar-refractivity contribution in [1.29, 1.82) is 0 Å². The Morgan fingerprint density at radius 3 is 2.65 bits per heavy atom. The topological polar surface area (TPSA) is 50.7 Å². The van der Waals surface area contributed by atoms with Gasteiger partial charge in [0, 0.05) is 22.3 Å². The highest BCUT2D eigenvalue weighted by atomic mass is 127. The van der Waals surface area contributed by atoms with E-state index in [1.807, 2.05) is 42.5 Å². The van der Waals surface area contributed by atoms with Gasteiger partial charge in [0.05, 0.1) is 13.6 Å². The van der Waals surface area contributed by atoms with Gasteiger partial charge in [0.2, 0.25) is 0 Å². The van der Waals surface area contributed by atoms with Crippen molar-refractivity contribution in [2.45, 2.75) is 32.3 Å². The number of amides is 1. The van der Waals surface area contributed by atoms with E-state index >= 15 is 0 Å². The van der Waals surface area contributed by atoms with E-state index in [9.17, 15) is 9.18 Å². The minimum atomic E-state index is -0.289. The first-order chi connectivity index (χ1) is 18.0. The maximum atomic E-state index is 14.0. The molecule has 8 heteroatoms. The average Bonchev–Trinajstić information content (AvgIpc) is 3.27. The Hall–Kier alpha value is -2.56. The van der Waals surface area contributed by atoms with E-state index < -0.39 is 0 Å². The summed E-state index contributed by atoms with van der Waals surface area (Å²) in [6.45, 7) is 0.134. The van der Waals surface area contributed by atoms with Crippen LogP contribution in [0.1, 0.15) is 44.8 Å². The lowest BCUT2D eigenvalue weighted by Gasteiger charge is -2.13. The molecule has 0 aliphatic heterocycles. The number of aliphatic imine (C=N–C) groups is 1. The van der Waals surface area contributed by atoms with Crippen molar-refractivity contribution >= 4 is 72.7 Å². The molecule has 0 bridgehead atoms. The molecule has 0 spiro atoms. The summed E-state index contributed by atoms with van der Waals surface area (Å²) in [5.41, 5.74) is 3.94. The zero-order valence-electron chi connectivity index (χ0n) is 19.8. The van der Waals surface area contributed by atoms with E-state index in [0.29, 0.717) is 16.9 Å². The highest BCUT2D eigenvalue weighted by molar-refractivity contribution is 14.1. The Morgan fingerprint density at radius 1 is 1.11 bits per heavy atom. The van der Waals surface area contributed by atoms with Crippen molar-refractivity contribution in [3.63, 3.8) is 0 Å². The molecule has 1 amide bonds. The molecule has 0 saturated carbocycles. The fourth-order valence-electron chi connectivity index (χ4n) is 4.28. The second-order valence-corrected chi connectivity index (χ2v) is 11.8. The number of halogens is 3. The summed E-state index contributed by atoms with van der Waals surface area (Å²) < 4.78 is 21.5. The van der Waals surface area contributed by atoms with Gasteiger partial charge in [-0.3, -0.25) is 4.79 Å². The lowest BCUT2D eigenvalue weighted by Crippen LogP contribution is -2.14. The largest absolute Gasteiger partial charge is 0.486 e. The molecule has 3 aromatic carbocycles. The van der Waals surface area contributed by atoms with Gasteiger partial charge >= 0.3 is 0 Å². The Labute approximate surface area is 241 Å². The van der Waals surface area contributed by atoms with Crippen LogP contribution in [0, 0.1) is 9.39 Å². The summed E-state index contributed by atoms with van der Waals surface area (Å²) in [7, 11) is 0. The number of ether oxygens (including phenoxy) is 1. The van der Waals surface area contributed by atoms with E-state index in [1.165, 1.54) is 10.9 Å². The van der Waals surface area contributed by atoms with Gasteiger partial charge in [-0.05, 0) is 106 Å². The van der Waals surface area contributed by atoms with Crippen LogP contribution in [0.5, 0.6) is 5.75 Å². The first-order valence-corrected chi connectivity index (χ1v) is 14.6. The van der Waals surface area contributed by atoms with E-state index in [-0.39, 0.29) is 18.3 Å². The standard InChI is InChI=1S/C29H23BrFIN2O2S/c30-22-14-18(15-24(32)27(22)36-17-19-8-4-6-12-23(19)31)16-33-29-26(21-11-5-7-13-25(21)37-29)28(35)34-20-9-2-1-3-10-20/h1-4,6,8-10,12,14-16H,5,7,11,13,17H2,(H,34,35). The Kier molecular flexibility index (Phi) is 8.36. The number of rotatable bonds is 7. The third-order valence-electron chi connectivity index (χ3n) is 6.09. The quantitative estimate of drug-likeness (QED) is 0.156. The number of fused-ring (bicyclic) bond motifs is 1. The zero-order chi connectivity index (χ0) is 25.8. The molecule has 0 saturated heterocycles. The van der Waals surface area contributed by atoms with Crippen LogP contribution in [-0.4, -0.2) is 12.1 Å². The molecule has 5 rings (SSSR count). The summed E-state index contributed by atoms with van der Waals surface area (Å²) in [5, 5.41) is 3.76. The fourth-order valence-corrected chi connectivity index (χ4v) is 7.28. The van der Waals surface area contributed by atoms with Gasteiger partial charge < -0.3 is 10.1 Å². The van der Waals surface area contributed by atoms with Crippen LogP contribution in [0.2, 0.25) is 0 Å². The Balaban J connectivity index is 1.39. The minimum absolute atomic E-state index is 0.120. The van der Waals surface area contributed by atoms with Crippen molar-refractivity contribution in [3.05, 3.63) is 108 Å². The SMILES string of the molecule is O=C(Nc1ccccc1)c1c(N=Cc2cc(Br)c(OCc3ccccc3F)c(I)c2)sc2c1CCCC2. The van der Waals surface area contributed by atoms with E-state index in [4.69, 9.17) is 9.73 Å². The molecule has 1 aromatic heterocycles. The number of carbonyl (C=O) groups excluding carboxylic acids is 1. The molecule has 0 fully saturated rings. The molecule has 0 atom stereocenters. The fraction of sp³-hybridized carbons (Fsp3) is 0.172. The van der Waals surface area contributed by atoms with Gasteiger partial charge in [0.15, 0.2) is 0 Å². The Bertz CT molecular complexity index is 1450. The van der Waals surface area contributed by atoms with Crippen molar-refractivity contribution in [2.75, 3.05) is 5.32 Å². The third kappa shape index (κ3) is 6.13. The molecule has 1 aliphatic carbocycles. The molecule has 4 nitrogen and oxygen atoms in total. The van der Waals surface area contributed by atoms with Crippen LogP contribution in [0.3, 0.4) is 0 Å². The number of thiophene rings is 1. The number of carbonyl (C=O) groups is 1. The second kappa shape index (κ2) is 11.9. The van der Waals surface area contributed by atoms with Crippen molar-refractivity contribution in [2.24, 2.45) is 4.99 Å². The normalized spacial score (nSPS) is 12.9. The Morgan fingerprint density at radius 2 is 1.86 bits per heavy atom. The highest BCUT2D eigenvalue weighted by Gasteiger charge is 2.25. The van der Waals surface area contributed by atoms with Crippen molar-refractivity contribution < 1.29 is 13.9 Å². The van der Waals surface area contributed by atoms with Gasteiger partial charge in [0.1, 0.15) is 23.2 Å². The van der Waals surface area contributed by atoms with Gasteiger partial charge in [-0.1, -0.05) is 36.4 Å². The first-order valence-electron chi connectivity index (χ1n) is 11.9. The maximum absolute atomic E-state index is 14.0. The molecule has 1 heterocycles. The predicted octanol–water partition coefficient (Wildman–Crippen LogP) is 8.72. The van der Waals surface area contributed by atoms with Crippen LogP contribution in [0.25, 0.3) is 0 Å². The van der Waals surface area contributed by atoms with E-state index in [0.717, 1.165) is 55.5 Å². The average molecular weight is 689 g/mol. The van der Waals surface area contributed by atoms with E-state index in [2.05, 4.69) is 43.8 Å². The summed E-state index contributed by atoms with van der Waals surface area (Å²) in [5.74, 6) is 0.240. The van der Waals surface area contributed by atoms with Crippen LogP contribution in [0.4, 0.5) is 15.1 Å². The number of benzene rings is 3. The zero-order valence-corrected chi connectivity index (χ0v) is 24.3. The van der Waals surface area contributed by atoms with Crippen LogP contribution in [-0.2, 0) is 19.4 Å². The number of nitrogens with zero attached hydrogens (tertiary/aromatic N) is 1. The highest BCUT2D eigenvalue weighted by Crippen LogP contribution is 2.40. The smallest absolute Gasteiger partial charge is 0.259 e. The summed E-state index contributed by atoms with van der Waals surface area (Å²) >= 11 is 7.40. The first kappa shape index (κ1) is 26.1. The lowest BCUT2D eigenvalue weighted by atomic mass is 9.95. The predicted molar refractivity (Wildman–Crippen MR) is 160 cm³/mol. The van der Waals surface area contributed by atoms with Crippen LogP contribution >= 0.6 is 49.9 Å². The van der Waals surface area contributed by atoms with Gasteiger partial charge in [-0.25, -0.2) is 9.38 Å². The molecular weight excluding hydrogens is 666 g/mol. The number of hydrogen-bond donors (Lipinski definition) is 1. The molecule has 0 unspecified atom stereocenters. The number of nitrogens with one attached hydrogen (secondary N) is 1. The third-order valence-corrected chi connectivity index (χ3v) is 8.68. The number of aryl methyl sites for hydroxylation is 1. The molecular formula is C29H23BrFIN2O2S. The molecule has 188 valence electrons. The summed E-state index contributed by atoms with van der Waals surface area (Å²) in [6, 6.07) is 20.0.